The van der Waals surface area contributed by atoms with Crippen molar-refractivity contribution in [1.82, 2.24) is 10.1 Å². The summed E-state index contributed by atoms with van der Waals surface area (Å²) in [5.41, 5.74) is 6.32. The zero-order valence-corrected chi connectivity index (χ0v) is 13.3. The summed E-state index contributed by atoms with van der Waals surface area (Å²) in [6, 6.07) is 5.63. The smallest absolute Gasteiger partial charge is 0.240 e. The molecule has 0 amide bonds. The first-order valence-corrected chi connectivity index (χ1v) is 8.41. The lowest BCUT2D eigenvalue weighted by molar-refractivity contribution is 0.202. The maximum atomic E-state index is 6.12. The number of thioether (sulfide) groups is 1. The molecule has 2 aromatic rings. The number of nitrogens with zero attached hydrogens (tertiary/aromatic N) is 2. The molecule has 1 unspecified atom stereocenters. The summed E-state index contributed by atoms with van der Waals surface area (Å²) in [6.07, 6.45) is 2.47. The van der Waals surface area contributed by atoms with Crippen LogP contribution in [0.4, 0.5) is 0 Å². The van der Waals surface area contributed by atoms with Crippen LogP contribution in [-0.2, 0) is 6.54 Å². The van der Waals surface area contributed by atoms with Crippen LogP contribution in [0.1, 0.15) is 18.7 Å². The monoisotopic (exact) mass is 321 g/mol. The largest absolute Gasteiger partial charge is 0.493 e. The highest BCUT2D eigenvalue weighted by Crippen LogP contribution is 2.34. The second-order valence-electron chi connectivity index (χ2n) is 5.04. The van der Waals surface area contributed by atoms with Crippen LogP contribution in [0.3, 0.4) is 0 Å². The first-order valence-electron chi connectivity index (χ1n) is 7.25. The SMILES string of the molecule is COc1ccc(-c2noc(CN)n2)cc1OC1CCCSC1. The molecule has 3 rings (SSSR count). The molecule has 1 atom stereocenters. The van der Waals surface area contributed by atoms with E-state index in [-0.39, 0.29) is 12.6 Å². The lowest BCUT2D eigenvalue weighted by Gasteiger charge is -2.23. The van der Waals surface area contributed by atoms with Gasteiger partial charge in [0.05, 0.1) is 13.7 Å². The van der Waals surface area contributed by atoms with Crippen molar-refractivity contribution in [2.45, 2.75) is 25.5 Å². The van der Waals surface area contributed by atoms with Crippen LogP contribution in [0.25, 0.3) is 11.4 Å². The number of ether oxygens (including phenoxy) is 2. The fraction of sp³-hybridized carbons (Fsp3) is 0.467. The third-order valence-electron chi connectivity index (χ3n) is 3.48. The van der Waals surface area contributed by atoms with Gasteiger partial charge in [-0.05, 0) is 36.8 Å². The van der Waals surface area contributed by atoms with Gasteiger partial charge in [-0.1, -0.05) is 5.16 Å². The number of hydrogen-bond acceptors (Lipinski definition) is 7. The van der Waals surface area contributed by atoms with E-state index in [1.54, 1.807) is 7.11 Å². The van der Waals surface area contributed by atoms with Crippen LogP contribution >= 0.6 is 11.8 Å². The lowest BCUT2D eigenvalue weighted by atomic mass is 10.1. The Morgan fingerprint density at radius 3 is 3.00 bits per heavy atom. The van der Waals surface area contributed by atoms with Gasteiger partial charge in [-0.25, -0.2) is 0 Å². The number of benzene rings is 1. The molecular formula is C15H19N3O3S. The molecule has 7 heteroatoms. The highest BCUT2D eigenvalue weighted by atomic mass is 32.2. The summed E-state index contributed by atoms with van der Waals surface area (Å²) in [5, 5.41) is 3.93. The van der Waals surface area contributed by atoms with Crippen molar-refractivity contribution < 1.29 is 14.0 Å². The molecule has 6 nitrogen and oxygen atoms in total. The Kier molecular flexibility index (Phi) is 4.84. The molecule has 1 saturated heterocycles. The number of aromatic nitrogens is 2. The van der Waals surface area contributed by atoms with E-state index in [0.717, 1.165) is 17.7 Å². The van der Waals surface area contributed by atoms with Crippen molar-refractivity contribution in [3.63, 3.8) is 0 Å². The zero-order chi connectivity index (χ0) is 15.4. The minimum Gasteiger partial charge on any atom is -0.493 e. The van der Waals surface area contributed by atoms with Crippen molar-refractivity contribution >= 4 is 11.8 Å². The van der Waals surface area contributed by atoms with Gasteiger partial charge in [-0.3, -0.25) is 0 Å². The average molecular weight is 321 g/mol. The van der Waals surface area contributed by atoms with Gasteiger partial charge in [-0.2, -0.15) is 16.7 Å². The summed E-state index contributed by atoms with van der Waals surface area (Å²) in [4.78, 5) is 4.24. The molecule has 0 bridgehead atoms. The maximum Gasteiger partial charge on any atom is 0.240 e. The van der Waals surface area contributed by atoms with Crippen LogP contribution in [0.15, 0.2) is 22.7 Å². The molecule has 1 aromatic carbocycles. The standard InChI is InChI=1S/C15H19N3O3S/c1-19-12-5-4-10(15-17-14(8-16)21-18-15)7-13(12)20-11-3-2-6-22-9-11/h4-5,7,11H,2-3,6,8-9,16H2,1H3. The van der Waals surface area contributed by atoms with E-state index in [9.17, 15) is 0 Å². The van der Waals surface area contributed by atoms with Gasteiger partial charge in [0, 0.05) is 11.3 Å². The third-order valence-corrected chi connectivity index (χ3v) is 4.66. The summed E-state index contributed by atoms with van der Waals surface area (Å²) >= 11 is 1.92. The quantitative estimate of drug-likeness (QED) is 0.905. The van der Waals surface area contributed by atoms with E-state index in [2.05, 4.69) is 10.1 Å². The Morgan fingerprint density at radius 2 is 2.32 bits per heavy atom. The van der Waals surface area contributed by atoms with E-state index in [0.29, 0.717) is 23.2 Å². The highest BCUT2D eigenvalue weighted by Gasteiger charge is 2.18. The number of nitrogens with two attached hydrogens (primary N) is 1. The molecule has 1 aliphatic heterocycles. The predicted octanol–water partition coefficient (Wildman–Crippen LogP) is 2.48. The fourth-order valence-electron chi connectivity index (χ4n) is 2.35. The average Bonchev–Trinajstić information content (AvgIpc) is 3.05. The van der Waals surface area contributed by atoms with Gasteiger partial charge in [0.1, 0.15) is 6.10 Å². The second kappa shape index (κ2) is 7.02. The summed E-state index contributed by atoms with van der Waals surface area (Å²) in [5.74, 6) is 4.56. The molecule has 1 fully saturated rings. The first kappa shape index (κ1) is 15.2. The minimum atomic E-state index is 0.216. The van der Waals surface area contributed by atoms with Crippen molar-refractivity contribution in [3.8, 4) is 22.9 Å². The Hall–Kier alpha value is -1.73. The van der Waals surface area contributed by atoms with Gasteiger partial charge in [0.15, 0.2) is 11.5 Å². The van der Waals surface area contributed by atoms with Crippen molar-refractivity contribution in [3.05, 3.63) is 24.1 Å². The molecule has 0 spiro atoms. The van der Waals surface area contributed by atoms with E-state index in [1.807, 2.05) is 30.0 Å². The molecule has 22 heavy (non-hydrogen) atoms. The molecule has 2 N–H and O–H groups in total. The normalized spacial score (nSPS) is 18.2. The number of rotatable bonds is 5. The Bertz CT molecular complexity index is 626. The Morgan fingerprint density at radius 1 is 1.41 bits per heavy atom. The lowest BCUT2D eigenvalue weighted by Crippen LogP contribution is -2.23. The maximum absolute atomic E-state index is 6.12. The van der Waals surface area contributed by atoms with Gasteiger partial charge < -0.3 is 19.7 Å². The summed E-state index contributed by atoms with van der Waals surface area (Å²) in [7, 11) is 1.64. The third kappa shape index (κ3) is 3.36. The molecule has 1 aromatic heterocycles. The van der Waals surface area contributed by atoms with Crippen molar-refractivity contribution in [2.24, 2.45) is 5.73 Å². The molecule has 0 aliphatic carbocycles. The number of hydrogen-bond donors (Lipinski definition) is 1. The van der Waals surface area contributed by atoms with Gasteiger partial charge in [0.2, 0.25) is 11.7 Å². The number of methoxy groups -OCH3 is 1. The zero-order valence-electron chi connectivity index (χ0n) is 12.4. The highest BCUT2D eigenvalue weighted by molar-refractivity contribution is 7.99. The van der Waals surface area contributed by atoms with Crippen LogP contribution in [0.2, 0.25) is 0 Å². The molecular weight excluding hydrogens is 302 g/mol. The molecule has 0 radical (unpaired) electrons. The van der Waals surface area contributed by atoms with Crippen LogP contribution < -0.4 is 15.2 Å². The molecule has 1 aliphatic rings. The van der Waals surface area contributed by atoms with Crippen molar-refractivity contribution in [1.29, 1.82) is 0 Å². The van der Waals surface area contributed by atoms with Gasteiger partial charge >= 0.3 is 0 Å². The summed E-state index contributed by atoms with van der Waals surface area (Å²) < 4.78 is 16.6. The minimum absolute atomic E-state index is 0.216. The predicted molar refractivity (Wildman–Crippen MR) is 85.2 cm³/mol. The molecule has 0 saturated carbocycles. The van der Waals surface area contributed by atoms with E-state index in [1.165, 1.54) is 12.2 Å². The Labute approximate surface area is 133 Å². The van der Waals surface area contributed by atoms with E-state index in [4.69, 9.17) is 19.7 Å². The fourth-order valence-corrected chi connectivity index (χ4v) is 3.38. The second-order valence-corrected chi connectivity index (χ2v) is 6.19. The molecule has 2 heterocycles. The molecule has 118 valence electrons. The first-order chi connectivity index (χ1) is 10.8. The van der Waals surface area contributed by atoms with Gasteiger partial charge in [-0.15, -0.1) is 0 Å². The Balaban J connectivity index is 1.84. The van der Waals surface area contributed by atoms with E-state index < -0.39 is 0 Å². The van der Waals surface area contributed by atoms with Crippen molar-refractivity contribution in [2.75, 3.05) is 18.6 Å². The van der Waals surface area contributed by atoms with Crippen LogP contribution in [-0.4, -0.2) is 34.9 Å². The topological polar surface area (TPSA) is 83.4 Å². The van der Waals surface area contributed by atoms with Crippen LogP contribution in [0.5, 0.6) is 11.5 Å². The summed E-state index contributed by atoms with van der Waals surface area (Å²) in [6.45, 7) is 0.228. The van der Waals surface area contributed by atoms with E-state index >= 15 is 0 Å². The van der Waals surface area contributed by atoms with Crippen LogP contribution in [0, 0.1) is 0 Å². The van der Waals surface area contributed by atoms with Gasteiger partial charge in [0.25, 0.3) is 0 Å².